The Morgan fingerprint density at radius 2 is 1.94 bits per heavy atom. The van der Waals surface area contributed by atoms with Gasteiger partial charge in [-0.2, -0.15) is 4.98 Å². The van der Waals surface area contributed by atoms with Crippen LogP contribution in [-0.4, -0.2) is 64.6 Å². The molecule has 0 bridgehead atoms. The number of carbonyl (C=O) groups excluding carboxylic acids is 2. The standard InChI is InChI=1S/C22H26ClN5O3/c23-17-5-7-18(8-6-17)28-11-10-27(22(28)30)14-20(29)26-9-1-2-15(13-26)12-19-24-21(25-31-19)16-3-4-16/h5-8,15-16H,1-4,9-14H2. The monoisotopic (exact) mass is 443 g/mol. The van der Waals surface area contributed by atoms with E-state index in [1.165, 1.54) is 0 Å². The molecule has 1 aliphatic carbocycles. The van der Waals surface area contributed by atoms with Crippen LogP contribution in [0.1, 0.15) is 43.3 Å². The maximum Gasteiger partial charge on any atom is 0.325 e. The Bertz CT molecular complexity index is 958. The molecule has 2 saturated heterocycles. The quantitative estimate of drug-likeness (QED) is 0.683. The molecule has 3 amide bonds. The van der Waals surface area contributed by atoms with Gasteiger partial charge >= 0.3 is 6.03 Å². The average Bonchev–Trinajstić information content (AvgIpc) is 3.43. The van der Waals surface area contributed by atoms with Crippen molar-refractivity contribution in [3.05, 3.63) is 41.0 Å². The molecule has 31 heavy (non-hydrogen) atoms. The lowest BCUT2D eigenvalue weighted by Crippen LogP contribution is -2.46. The van der Waals surface area contributed by atoms with E-state index in [1.54, 1.807) is 21.9 Å². The van der Waals surface area contributed by atoms with Crippen LogP contribution < -0.4 is 4.90 Å². The first-order chi connectivity index (χ1) is 15.1. The number of aromatic nitrogens is 2. The lowest BCUT2D eigenvalue weighted by Gasteiger charge is -2.33. The topological polar surface area (TPSA) is 82.8 Å². The van der Waals surface area contributed by atoms with Crippen molar-refractivity contribution in [2.45, 2.75) is 38.0 Å². The van der Waals surface area contributed by atoms with Gasteiger partial charge < -0.3 is 14.3 Å². The van der Waals surface area contributed by atoms with E-state index in [0.29, 0.717) is 48.8 Å². The van der Waals surface area contributed by atoms with E-state index in [4.69, 9.17) is 16.1 Å². The van der Waals surface area contributed by atoms with Crippen LogP contribution >= 0.6 is 11.6 Å². The fourth-order valence-corrected chi connectivity index (χ4v) is 4.54. The molecule has 164 valence electrons. The van der Waals surface area contributed by atoms with Gasteiger partial charge in [0.05, 0.1) is 0 Å². The van der Waals surface area contributed by atoms with Crippen LogP contribution in [0.25, 0.3) is 0 Å². The summed E-state index contributed by atoms with van der Waals surface area (Å²) in [4.78, 5) is 35.4. The van der Waals surface area contributed by atoms with Crippen LogP contribution in [-0.2, 0) is 11.2 Å². The molecule has 3 aliphatic rings. The summed E-state index contributed by atoms with van der Waals surface area (Å²) in [6, 6.07) is 7.05. The third-order valence-electron chi connectivity index (χ3n) is 6.32. The van der Waals surface area contributed by atoms with Crippen molar-refractivity contribution in [2.75, 3.05) is 37.6 Å². The van der Waals surface area contributed by atoms with Crippen molar-refractivity contribution >= 4 is 29.2 Å². The van der Waals surface area contributed by atoms with E-state index in [1.807, 2.05) is 17.0 Å². The molecule has 8 nitrogen and oxygen atoms in total. The molecule has 1 aromatic heterocycles. The minimum atomic E-state index is -0.136. The van der Waals surface area contributed by atoms with E-state index in [0.717, 1.165) is 43.7 Å². The van der Waals surface area contributed by atoms with Gasteiger partial charge in [-0.1, -0.05) is 16.8 Å². The van der Waals surface area contributed by atoms with Crippen molar-refractivity contribution < 1.29 is 14.1 Å². The van der Waals surface area contributed by atoms with Crippen LogP contribution in [0.2, 0.25) is 5.02 Å². The zero-order chi connectivity index (χ0) is 21.4. The Kier molecular flexibility index (Phi) is 5.56. The number of halogens is 1. The number of piperidine rings is 1. The Balaban J connectivity index is 1.15. The fraction of sp³-hybridized carbons (Fsp3) is 0.545. The number of rotatable bonds is 6. The number of urea groups is 1. The van der Waals surface area contributed by atoms with Crippen molar-refractivity contribution in [1.29, 1.82) is 0 Å². The first-order valence-electron chi connectivity index (χ1n) is 11.0. The van der Waals surface area contributed by atoms with Gasteiger partial charge in [-0.05, 0) is 55.9 Å². The molecular formula is C22H26ClN5O3. The lowest BCUT2D eigenvalue weighted by atomic mass is 9.94. The van der Waals surface area contributed by atoms with Crippen molar-refractivity contribution in [2.24, 2.45) is 5.92 Å². The largest absolute Gasteiger partial charge is 0.341 e. The van der Waals surface area contributed by atoms with E-state index in [9.17, 15) is 9.59 Å². The van der Waals surface area contributed by atoms with Gasteiger partial charge in [0.15, 0.2) is 5.82 Å². The molecule has 3 fully saturated rings. The summed E-state index contributed by atoms with van der Waals surface area (Å²) in [7, 11) is 0. The maximum absolute atomic E-state index is 12.9. The minimum absolute atomic E-state index is 0.000189. The molecule has 9 heteroatoms. The van der Waals surface area contributed by atoms with Crippen molar-refractivity contribution in [3.8, 4) is 0 Å². The third kappa shape index (κ3) is 4.54. The highest BCUT2D eigenvalue weighted by molar-refractivity contribution is 6.30. The molecule has 3 heterocycles. The second kappa shape index (κ2) is 8.49. The normalized spacial score (nSPS) is 21.8. The molecule has 1 unspecified atom stereocenters. The Morgan fingerprint density at radius 3 is 2.71 bits per heavy atom. The van der Waals surface area contributed by atoms with Gasteiger partial charge in [0.25, 0.3) is 0 Å². The van der Waals surface area contributed by atoms with Gasteiger partial charge in [0, 0.05) is 49.2 Å². The molecular weight excluding hydrogens is 418 g/mol. The first-order valence-corrected chi connectivity index (χ1v) is 11.4. The summed E-state index contributed by atoms with van der Waals surface area (Å²) in [5.74, 6) is 2.30. The van der Waals surface area contributed by atoms with Crippen molar-refractivity contribution in [1.82, 2.24) is 19.9 Å². The Morgan fingerprint density at radius 1 is 1.13 bits per heavy atom. The summed E-state index contributed by atoms with van der Waals surface area (Å²) < 4.78 is 5.42. The third-order valence-corrected chi connectivity index (χ3v) is 6.57. The van der Waals surface area contributed by atoms with E-state index in [-0.39, 0.29) is 18.5 Å². The number of amides is 3. The van der Waals surface area contributed by atoms with E-state index in [2.05, 4.69) is 10.1 Å². The van der Waals surface area contributed by atoms with Gasteiger partial charge in [-0.3, -0.25) is 9.69 Å². The number of hydrogen-bond donors (Lipinski definition) is 0. The smallest absolute Gasteiger partial charge is 0.325 e. The van der Waals surface area contributed by atoms with Crippen LogP contribution in [0.4, 0.5) is 10.5 Å². The van der Waals surface area contributed by atoms with Crippen LogP contribution in [0.15, 0.2) is 28.8 Å². The molecule has 0 radical (unpaired) electrons. The predicted octanol–water partition coefficient (Wildman–Crippen LogP) is 3.32. The second-order valence-electron chi connectivity index (χ2n) is 8.70. The SMILES string of the molecule is O=C(CN1CCN(c2ccc(Cl)cc2)C1=O)N1CCCC(Cc2nc(C3CC3)no2)C1. The minimum Gasteiger partial charge on any atom is -0.341 e. The maximum atomic E-state index is 12.9. The average molecular weight is 444 g/mol. The Labute approximate surface area is 186 Å². The van der Waals surface area contributed by atoms with Crippen LogP contribution in [0, 0.1) is 5.92 Å². The molecule has 1 saturated carbocycles. The molecule has 1 atom stereocenters. The van der Waals surface area contributed by atoms with E-state index >= 15 is 0 Å². The summed E-state index contributed by atoms with van der Waals surface area (Å²) >= 11 is 5.94. The summed E-state index contributed by atoms with van der Waals surface area (Å²) in [6.07, 6.45) is 4.99. The van der Waals surface area contributed by atoms with Crippen LogP contribution in [0.5, 0.6) is 0 Å². The zero-order valence-corrected chi connectivity index (χ0v) is 18.1. The molecule has 2 aliphatic heterocycles. The molecule has 5 rings (SSSR count). The fourth-order valence-electron chi connectivity index (χ4n) is 4.42. The van der Waals surface area contributed by atoms with Gasteiger partial charge in [-0.25, -0.2) is 4.79 Å². The predicted molar refractivity (Wildman–Crippen MR) is 115 cm³/mol. The highest BCUT2D eigenvalue weighted by Gasteiger charge is 2.34. The summed E-state index contributed by atoms with van der Waals surface area (Å²) in [5, 5.41) is 4.72. The first kappa shape index (κ1) is 20.3. The van der Waals surface area contributed by atoms with Gasteiger partial charge in [0.2, 0.25) is 11.8 Å². The molecule has 0 spiro atoms. The lowest BCUT2D eigenvalue weighted by molar-refractivity contribution is -0.133. The zero-order valence-electron chi connectivity index (χ0n) is 17.4. The van der Waals surface area contributed by atoms with Crippen molar-refractivity contribution in [3.63, 3.8) is 0 Å². The van der Waals surface area contributed by atoms with Gasteiger partial charge in [-0.15, -0.1) is 0 Å². The summed E-state index contributed by atoms with van der Waals surface area (Å²) in [6.45, 7) is 2.62. The summed E-state index contributed by atoms with van der Waals surface area (Å²) in [5.41, 5.74) is 0.799. The van der Waals surface area contributed by atoms with Gasteiger partial charge in [0.1, 0.15) is 6.54 Å². The number of benzene rings is 1. The number of nitrogens with zero attached hydrogens (tertiary/aromatic N) is 5. The number of carbonyl (C=O) groups is 2. The van der Waals surface area contributed by atoms with E-state index < -0.39 is 0 Å². The number of likely N-dealkylation sites (tertiary alicyclic amines) is 1. The number of hydrogen-bond acceptors (Lipinski definition) is 5. The van der Waals surface area contributed by atoms with Crippen LogP contribution in [0.3, 0.4) is 0 Å². The number of anilines is 1. The molecule has 0 N–H and O–H groups in total. The molecule has 2 aromatic rings. The highest BCUT2D eigenvalue weighted by atomic mass is 35.5. The Hall–Kier alpha value is -2.61. The highest BCUT2D eigenvalue weighted by Crippen LogP contribution is 2.38. The molecule has 1 aromatic carbocycles. The second-order valence-corrected chi connectivity index (χ2v) is 9.14.